The Balaban J connectivity index is 2.52. The van der Waals surface area contributed by atoms with Crippen molar-refractivity contribution in [3.05, 3.63) is 17.6 Å². The van der Waals surface area contributed by atoms with E-state index in [2.05, 4.69) is 46.3 Å². The minimum atomic E-state index is -4.64. The van der Waals surface area contributed by atoms with Gasteiger partial charge in [-0.2, -0.15) is 0 Å². The number of thioether (sulfide) groups is 1. The van der Waals surface area contributed by atoms with Gasteiger partial charge in [0, 0.05) is 17.9 Å². The molecule has 0 aliphatic rings. The van der Waals surface area contributed by atoms with Crippen LogP contribution in [0.4, 0.5) is 13.2 Å². The molecule has 0 saturated heterocycles. The molecule has 2 heterocycles. The first kappa shape index (κ1) is 22.0. The number of alkyl halides is 3. The molecular formula is C19H28F3N3OS. The molecule has 0 N–H and O–H groups in total. The molecular weight excluding hydrogens is 375 g/mol. The quantitative estimate of drug-likeness (QED) is 0.549. The number of halogens is 3. The van der Waals surface area contributed by atoms with Gasteiger partial charge in [0.25, 0.3) is 0 Å². The van der Waals surface area contributed by atoms with Gasteiger partial charge in [-0.1, -0.05) is 41.5 Å². The molecule has 27 heavy (non-hydrogen) atoms. The van der Waals surface area contributed by atoms with Crippen molar-refractivity contribution in [1.82, 2.24) is 14.5 Å². The van der Waals surface area contributed by atoms with Crippen LogP contribution in [0.3, 0.4) is 0 Å². The second-order valence-corrected chi connectivity index (χ2v) is 9.32. The number of hydrogen-bond donors (Lipinski definition) is 0. The summed E-state index contributed by atoms with van der Waals surface area (Å²) in [5, 5.41) is 0. The van der Waals surface area contributed by atoms with Crippen molar-refractivity contribution < 1.29 is 17.9 Å². The highest BCUT2D eigenvalue weighted by Gasteiger charge is 2.29. The summed E-state index contributed by atoms with van der Waals surface area (Å²) in [5.41, 5.74) is 2.26. The first-order chi connectivity index (χ1) is 12.4. The Labute approximate surface area is 162 Å². The summed E-state index contributed by atoms with van der Waals surface area (Å²) < 4.78 is 43.0. The monoisotopic (exact) mass is 403 g/mol. The fraction of sp³-hybridized carbons (Fsp3) is 0.684. The molecule has 2 aromatic rings. The zero-order valence-corrected chi connectivity index (χ0v) is 17.6. The Morgan fingerprint density at radius 1 is 1.19 bits per heavy atom. The van der Waals surface area contributed by atoms with Crippen LogP contribution in [-0.4, -0.2) is 33.3 Å². The first-order valence-corrected chi connectivity index (χ1v) is 10.1. The molecule has 0 fully saturated rings. The molecule has 0 spiro atoms. The molecule has 0 aliphatic carbocycles. The predicted octanol–water partition coefficient (Wildman–Crippen LogP) is 5.79. The van der Waals surface area contributed by atoms with Gasteiger partial charge in [0.2, 0.25) is 0 Å². The van der Waals surface area contributed by atoms with Crippen LogP contribution in [-0.2, 0) is 17.7 Å². The van der Waals surface area contributed by atoms with Crippen LogP contribution < -0.4 is 0 Å². The summed E-state index contributed by atoms with van der Waals surface area (Å²) in [6, 6.07) is 2.01. The molecule has 0 aliphatic heterocycles. The smallest absolute Gasteiger partial charge is 0.310 e. The van der Waals surface area contributed by atoms with Gasteiger partial charge in [0.1, 0.15) is 11.3 Å². The van der Waals surface area contributed by atoms with E-state index in [1.165, 1.54) is 0 Å². The van der Waals surface area contributed by atoms with Crippen molar-refractivity contribution in [2.24, 2.45) is 5.41 Å². The second kappa shape index (κ2) is 8.39. The Kier molecular flexibility index (Phi) is 6.84. The van der Waals surface area contributed by atoms with E-state index in [-0.39, 0.29) is 17.9 Å². The summed E-state index contributed by atoms with van der Waals surface area (Å²) in [7, 11) is 0. The summed E-state index contributed by atoms with van der Waals surface area (Å²) in [5.74, 6) is 1.87. The molecule has 8 heteroatoms. The highest BCUT2D eigenvalue weighted by Crippen LogP contribution is 2.31. The van der Waals surface area contributed by atoms with Gasteiger partial charge in [-0.15, -0.1) is 24.9 Å². The van der Waals surface area contributed by atoms with Crippen molar-refractivity contribution in [3.63, 3.8) is 0 Å². The van der Waals surface area contributed by atoms with E-state index in [9.17, 15) is 13.2 Å². The van der Waals surface area contributed by atoms with E-state index in [4.69, 9.17) is 9.97 Å². The number of rotatable bonds is 7. The van der Waals surface area contributed by atoms with Gasteiger partial charge < -0.3 is 4.57 Å². The highest BCUT2D eigenvalue weighted by atomic mass is 32.2. The fourth-order valence-electron chi connectivity index (χ4n) is 2.87. The molecule has 0 radical (unpaired) electrons. The molecule has 0 unspecified atom stereocenters. The SMILES string of the molecule is CCSc1cc2nc(CC(C)(C)C)n(CCOC(F)(F)F)c2nc1C(C)C. The van der Waals surface area contributed by atoms with Gasteiger partial charge in [-0.05, 0) is 23.2 Å². The van der Waals surface area contributed by atoms with Crippen LogP contribution in [0.1, 0.15) is 59.0 Å². The van der Waals surface area contributed by atoms with E-state index in [0.717, 1.165) is 27.7 Å². The number of pyridine rings is 1. The summed E-state index contributed by atoms with van der Waals surface area (Å²) in [6.07, 6.45) is -4.00. The van der Waals surface area contributed by atoms with E-state index in [1.54, 1.807) is 16.3 Å². The lowest BCUT2D eigenvalue weighted by atomic mass is 9.92. The number of fused-ring (bicyclic) bond motifs is 1. The summed E-state index contributed by atoms with van der Waals surface area (Å²) in [4.78, 5) is 10.6. The average molecular weight is 404 g/mol. The van der Waals surface area contributed by atoms with Gasteiger partial charge in [-0.3, -0.25) is 4.74 Å². The fourth-order valence-corrected chi connectivity index (χ4v) is 3.81. The number of nitrogens with zero attached hydrogens (tertiary/aromatic N) is 3. The third-order valence-electron chi connectivity index (χ3n) is 3.91. The largest absolute Gasteiger partial charge is 0.522 e. The van der Waals surface area contributed by atoms with Crippen LogP contribution in [0.25, 0.3) is 11.2 Å². The van der Waals surface area contributed by atoms with E-state index < -0.39 is 13.0 Å². The first-order valence-electron chi connectivity index (χ1n) is 9.15. The highest BCUT2D eigenvalue weighted by molar-refractivity contribution is 7.99. The van der Waals surface area contributed by atoms with E-state index >= 15 is 0 Å². The Morgan fingerprint density at radius 3 is 2.37 bits per heavy atom. The second-order valence-electron chi connectivity index (χ2n) is 8.01. The van der Waals surface area contributed by atoms with E-state index in [0.29, 0.717) is 12.1 Å². The number of ether oxygens (including phenoxy) is 1. The average Bonchev–Trinajstić information content (AvgIpc) is 2.80. The van der Waals surface area contributed by atoms with Gasteiger partial charge in [0.05, 0.1) is 12.3 Å². The third-order valence-corrected chi connectivity index (χ3v) is 4.83. The van der Waals surface area contributed by atoms with Crippen LogP contribution >= 0.6 is 11.8 Å². The third kappa shape index (κ3) is 6.10. The molecule has 0 bridgehead atoms. The van der Waals surface area contributed by atoms with E-state index in [1.807, 2.05) is 6.07 Å². The molecule has 2 aromatic heterocycles. The minimum absolute atomic E-state index is 0.0497. The minimum Gasteiger partial charge on any atom is -0.310 e. The molecule has 4 nitrogen and oxygen atoms in total. The molecule has 152 valence electrons. The predicted molar refractivity (Wildman–Crippen MR) is 103 cm³/mol. The van der Waals surface area contributed by atoms with Crippen molar-refractivity contribution in [2.75, 3.05) is 12.4 Å². The standard InChI is InChI=1S/C19H28F3N3OS/c1-7-27-14-10-13-17(24-16(14)12(2)3)25(8-9-26-19(20,21)22)15(23-13)11-18(4,5)6/h10,12H,7-9,11H2,1-6H3. The van der Waals surface area contributed by atoms with Crippen LogP contribution in [0.2, 0.25) is 0 Å². The van der Waals surface area contributed by atoms with Crippen LogP contribution in [0.15, 0.2) is 11.0 Å². The normalized spacial score (nSPS) is 13.1. The molecule has 0 atom stereocenters. The Morgan fingerprint density at radius 2 is 1.85 bits per heavy atom. The van der Waals surface area contributed by atoms with Crippen LogP contribution in [0.5, 0.6) is 0 Å². The molecule has 2 rings (SSSR count). The van der Waals surface area contributed by atoms with Crippen molar-refractivity contribution >= 4 is 22.9 Å². The summed E-state index contributed by atoms with van der Waals surface area (Å²) in [6.45, 7) is 12.0. The topological polar surface area (TPSA) is 39.9 Å². The molecule has 0 amide bonds. The lowest BCUT2D eigenvalue weighted by Gasteiger charge is -2.19. The van der Waals surface area contributed by atoms with Crippen LogP contribution in [0, 0.1) is 5.41 Å². The number of imidazole rings is 1. The maximum absolute atomic E-state index is 12.4. The Hall–Kier alpha value is -1.28. The van der Waals surface area contributed by atoms with Crippen molar-refractivity contribution in [1.29, 1.82) is 0 Å². The number of hydrogen-bond acceptors (Lipinski definition) is 4. The van der Waals surface area contributed by atoms with Gasteiger partial charge >= 0.3 is 6.36 Å². The zero-order valence-electron chi connectivity index (χ0n) is 16.8. The summed E-state index contributed by atoms with van der Waals surface area (Å²) >= 11 is 1.71. The lowest BCUT2D eigenvalue weighted by molar-refractivity contribution is -0.325. The maximum Gasteiger partial charge on any atom is 0.522 e. The molecule has 0 aromatic carbocycles. The molecule has 0 saturated carbocycles. The van der Waals surface area contributed by atoms with Gasteiger partial charge in [0.15, 0.2) is 5.65 Å². The lowest BCUT2D eigenvalue weighted by Crippen LogP contribution is -2.20. The zero-order chi connectivity index (χ0) is 20.4. The van der Waals surface area contributed by atoms with Crippen molar-refractivity contribution in [3.8, 4) is 0 Å². The maximum atomic E-state index is 12.4. The number of aromatic nitrogens is 3. The van der Waals surface area contributed by atoms with Crippen molar-refractivity contribution in [2.45, 2.75) is 71.7 Å². The van der Waals surface area contributed by atoms with Gasteiger partial charge in [-0.25, -0.2) is 9.97 Å². The Bertz CT molecular complexity index is 779.